The number of pyridine rings is 1. The van der Waals surface area contributed by atoms with Gasteiger partial charge < -0.3 is 4.74 Å². The largest absolute Gasteiger partial charge is 0.418 e. The van der Waals surface area contributed by atoms with E-state index in [9.17, 15) is 22.0 Å². The zero-order valence-electron chi connectivity index (χ0n) is 10.4. The van der Waals surface area contributed by atoms with Crippen LogP contribution < -0.4 is 0 Å². The highest BCUT2D eigenvalue weighted by Crippen LogP contribution is 2.60. The molecule has 1 spiro atoms. The minimum atomic E-state index is -4.52. The van der Waals surface area contributed by atoms with Gasteiger partial charge in [0.1, 0.15) is 11.7 Å². The maximum atomic E-state index is 13.1. The maximum Gasteiger partial charge on any atom is 0.418 e. The van der Waals surface area contributed by atoms with E-state index >= 15 is 0 Å². The van der Waals surface area contributed by atoms with Crippen molar-refractivity contribution in [2.24, 2.45) is 0 Å². The van der Waals surface area contributed by atoms with E-state index in [4.69, 9.17) is 4.74 Å². The first-order valence-corrected chi connectivity index (χ1v) is 6.31. The van der Waals surface area contributed by atoms with Crippen LogP contribution in [0.25, 0.3) is 0 Å². The van der Waals surface area contributed by atoms with E-state index in [1.807, 2.05) is 0 Å². The summed E-state index contributed by atoms with van der Waals surface area (Å²) in [5.74, 6) is -2.74. The number of alkyl halides is 5. The summed E-state index contributed by atoms with van der Waals surface area (Å²) >= 11 is 0. The Morgan fingerprint density at radius 2 is 1.80 bits per heavy atom. The van der Waals surface area contributed by atoms with Crippen molar-refractivity contribution in [1.82, 2.24) is 4.98 Å². The third kappa shape index (κ3) is 2.28. The average Bonchev–Trinajstić information content (AvgIpc) is 3.07. The van der Waals surface area contributed by atoms with Crippen LogP contribution in [0, 0.1) is 0 Å². The van der Waals surface area contributed by atoms with Crippen LogP contribution in [-0.4, -0.2) is 16.5 Å². The van der Waals surface area contributed by atoms with Gasteiger partial charge in [0.05, 0.1) is 11.3 Å². The fourth-order valence-corrected chi connectivity index (χ4v) is 2.79. The molecule has 1 aliphatic heterocycles. The molecule has 0 bridgehead atoms. The van der Waals surface area contributed by atoms with Crippen LogP contribution in [0.1, 0.15) is 43.0 Å². The van der Waals surface area contributed by atoms with Gasteiger partial charge in [0.25, 0.3) is 0 Å². The van der Waals surface area contributed by atoms with Gasteiger partial charge in [0.15, 0.2) is 0 Å². The molecule has 2 heterocycles. The fourth-order valence-electron chi connectivity index (χ4n) is 2.79. The molecule has 2 aliphatic rings. The SMILES string of the molecule is FC1(F)CCC2(CC1)OC2c1ncccc1C(F)(F)F. The molecule has 1 aliphatic carbocycles. The first-order valence-electron chi connectivity index (χ1n) is 6.31. The highest BCUT2D eigenvalue weighted by atomic mass is 19.4. The fraction of sp³-hybridized carbons (Fsp3) is 0.615. The second-order valence-electron chi connectivity index (χ2n) is 5.35. The van der Waals surface area contributed by atoms with Crippen LogP contribution in [0.2, 0.25) is 0 Å². The van der Waals surface area contributed by atoms with Gasteiger partial charge in [-0.3, -0.25) is 4.98 Å². The van der Waals surface area contributed by atoms with Gasteiger partial charge in [0, 0.05) is 19.0 Å². The summed E-state index contributed by atoms with van der Waals surface area (Å²) in [6.45, 7) is 0. The molecule has 3 rings (SSSR count). The lowest BCUT2D eigenvalue weighted by atomic mass is 9.83. The Kier molecular flexibility index (Phi) is 2.83. The normalized spacial score (nSPS) is 27.6. The van der Waals surface area contributed by atoms with Gasteiger partial charge >= 0.3 is 6.18 Å². The Morgan fingerprint density at radius 1 is 1.15 bits per heavy atom. The van der Waals surface area contributed by atoms with Crippen molar-refractivity contribution in [2.45, 2.75) is 49.5 Å². The van der Waals surface area contributed by atoms with Gasteiger partial charge in [-0.05, 0) is 25.0 Å². The van der Waals surface area contributed by atoms with Crippen LogP contribution in [0.15, 0.2) is 18.3 Å². The van der Waals surface area contributed by atoms with Crippen molar-refractivity contribution in [3.05, 3.63) is 29.6 Å². The first kappa shape index (κ1) is 13.7. The lowest BCUT2D eigenvalue weighted by Crippen LogP contribution is -2.30. The van der Waals surface area contributed by atoms with Crippen LogP contribution in [-0.2, 0) is 10.9 Å². The van der Waals surface area contributed by atoms with Crippen molar-refractivity contribution < 1.29 is 26.7 Å². The molecule has 2 nitrogen and oxygen atoms in total. The number of epoxide rings is 1. The number of rotatable bonds is 1. The molecule has 1 unspecified atom stereocenters. The van der Waals surface area contributed by atoms with E-state index in [2.05, 4.69) is 4.98 Å². The van der Waals surface area contributed by atoms with Gasteiger partial charge in [-0.2, -0.15) is 13.2 Å². The van der Waals surface area contributed by atoms with E-state index in [-0.39, 0.29) is 31.4 Å². The van der Waals surface area contributed by atoms with Crippen LogP contribution >= 0.6 is 0 Å². The van der Waals surface area contributed by atoms with Crippen LogP contribution in [0.5, 0.6) is 0 Å². The number of aromatic nitrogens is 1. The molecule has 0 radical (unpaired) electrons. The molecule has 0 aromatic carbocycles. The van der Waals surface area contributed by atoms with E-state index < -0.39 is 29.4 Å². The Balaban J connectivity index is 1.84. The second kappa shape index (κ2) is 4.13. The molecule has 1 saturated carbocycles. The summed E-state index contributed by atoms with van der Waals surface area (Å²) in [6.07, 6.45) is -4.64. The molecular weight excluding hydrogens is 281 g/mol. The Labute approximate surface area is 112 Å². The number of ether oxygens (including phenoxy) is 1. The average molecular weight is 293 g/mol. The second-order valence-corrected chi connectivity index (χ2v) is 5.35. The number of hydrogen-bond acceptors (Lipinski definition) is 2. The van der Waals surface area contributed by atoms with Gasteiger partial charge in [-0.25, -0.2) is 8.78 Å². The Bertz CT molecular complexity index is 518. The van der Waals surface area contributed by atoms with Crippen molar-refractivity contribution >= 4 is 0 Å². The highest BCUT2D eigenvalue weighted by molar-refractivity contribution is 5.31. The molecule has 2 fully saturated rings. The summed E-state index contributed by atoms with van der Waals surface area (Å²) in [4.78, 5) is 3.76. The smallest absolute Gasteiger partial charge is 0.359 e. The van der Waals surface area contributed by atoms with E-state index in [0.29, 0.717) is 0 Å². The topological polar surface area (TPSA) is 25.4 Å². The summed E-state index contributed by atoms with van der Waals surface area (Å²) in [5.41, 5.74) is -1.92. The number of nitrogens with zero attached hydrogens (tertiary/aromatic N) is 1. The lowest BCUT2D eigenvalue weighted by Gasteiger charge is -2.26. The van der Waals surface area contributed by atoms with E-state index in [0.717, 1.165) is 6.07 Å². The third-order valence-corrected chi connectivity index (χ3v) is 3.99. The molecule has 1 atom stereocenters. The first-order chi connectivity index (χ1) is 9.24. The zero-order chi connectivity index (χ0) is 14.6. The highest BCUT2D eigenvalue weighted by Gasteiger charge is 2.62. The van der Waals surface area contributed by atoms with Crippen LogP contribution in [0.3, 0.4) is 0 Å². The van der Waals surface area contributed by atoms with Gasteiger partial charge in [0.2, 0.25) is 5.92 Å². The van der Waals surface area contributed by atoms with Crippen molar-refractivity contribution in [3.8, 4) is 0 Å². The predicted octanol–water partition coefficient (Wildman–Crippen LogP) is 4.12. The number of hydrogen-bond donors (Lipinski definition) is 0. The molecule has 20 heavy (non-hydrogen) atoms. The molecule has 0 amide bonds. The lowest BCUT2D eigenvalue weighted by molar-refractivity contribution is -0.138. The molecule has 7 heteroatoms. The van der Waals surface area contributed by atoms with E-state index in [1.165, 1.54) is 12.3 Å². The minimum Gasteiger partial charge on any atom is -0.359 e. The molecular formula is C13H12F5NO. The summed E-state index contributed by atoms with van der Waals surface area (Å²) in [7, 11) is 0. The molecule has 1 aromatic rings. The van der Waals surface area contributed by atoms with Crippen molar-refractivity contribution in [1.29, 1.82) is 0 Å². The predicted molar refractivity (Wildman–Crippen MR) is 59.2 cm³/mol. The van der Waals surface area contributed by atoms with E-state index in [1.54, 1.807) is 0 Å². The number of halogens is 5. The summed E-state index contributed by atoms with van der Waals surface area (Å²) < 4.78 is 70.3. The Hall–Kier alpha value is -1.24. The zero-order valence-corrected chi connectivity index (χ0v) is 10.4. The molecule has 1 saturated heterocycles. The van der Waals surface area contributed by atoms with Gasteiger partial charge in [-0.1, -0.05) is 0 Å². The van der Waals surface area contributed by atoms with Crippen molar-refractivity contribution in [3.63, 3.8) is 0 Å². The quantitative estimate of drug-likeness (QED) is 0.575. The molecule has 0 N–H and O–H groups in total. The maximum absolute atomic E-state index is 13.1. The third-order valence-electron chi connectivity index (χ3n) is 3.99. The summed E-state index contributed by atoms with van der Waals surface area (Å²) in [5, 5.41) is 0. The minimum absolute atomic E-state index is 0.0680. The van der Waals surface area contributed by atoms with Gasteiger partial charge in [-0.15, -0.1) is 0 Å². The summed E-state index contributed by atoms with van der Waals surface area (Å²) in [6, 6.07) is 2.14. The molecule has 1 aromatic heterocycles. The van der Waals surface area contributed by atoms with Crippen LogP contribution in [0.4, 0.5) is 22.0 Å². The van der Waals surface area contributed by atoms with Crippen molar-refractivity contribution in [2.75, 3.05) is 0 Å². The monoisotopic (exact) mass is 293 g/mol. The Morgan fingerprint density at radius 3 is 2.40 bits per heavy atom. The molecule has 110 valence electrons. The standard InChI is InChI=1S/C13H12F5NO/c14-12(15)5-3-11(4-6-12)10(20-11)9-8(13(16,17)18)2-1-7-19-9/h1-2,7,10H,3-6H2.